The van der Waals surface area contributed by atoms with Crippen LogP contribution in [-0.2, 0) is 22.1 Å². The number of carbonyl (C=O) groups excluding carboxylic acids is 1. The number of esters is 1. The van der Waals surface area contributed by atoms with Gasteiger partial charge in [-0.15, -0.1) is 0 Å². The van der Waals surface area contributed by atoms with Gasteiger partial charge in [-0.25, -0.2) is 0 Å². The number of hydrogen-bond acceptors (Lipinski definition) is 4. The van der Waals surface area contributed by atoms with Gasteiger partial charge in [0.05, 0.1) is 0 Å². The molecule has 1 unspecified atom stereocenters. The Bertz CT molecular complexity index is 1400. The average Bonchev–Trinajstić information content (AvgIpc) is 3.29. The molecule has 39 heavy (non-hydrogen) atoms. The topological polar surface area (TPSA) is 48.4 Å². The summed E-state index contributed by atoms with van der Waals surface area (Å²) in [4.78, 5) is 16.7. The number of ether oxygens (including phenoxy) is 2. The van der Waals surface area contributed by atoms with Crippen molar-refractivity contribution in [3.8, 4) is 15.9 Å². The summed E-state index contributed by atoms with van der Waals surface area (Å²) in [6, 6.07) is 21.6. The molecule has 204 valence electrons. The summed E-state index contributed by atoms with van der Waals surface area (Å²) in [6.45, 7) is 5.90. The van der Waals surface area contributed by atoms with E-state index in [1.54, 1.807) is 6.92 Å². The number of benzene rings is 3. The molecule has 0 aliphatic rings. The molecule has 4 nitrogen and oxygen atoms in total. The maximum atomic E-state index is 13.0. The van der Waals surface area contributed by atoms with Gasteiger partial charge in [-0.3, -0.25) is 0 Å². The van der Waals surface area contributed by atoms with Gasteiger partial charge in [-0.05, 0) is 0 Å². The molecule has 0 amide bonds. The van der Waals surface area contributed by atoms with Gasteiger partial charge in [0.1, 0.15) is 0 Å². The zero-order valence-electron chi connectivity index (χ0n) is 21.7. The Morgan fingerprint density at radius 3 is 2.38 bits per heavy atom. The molecule has 9 heteroatoms. The van der Waals surface area contributed by atoms with Crippen LogP contribution in [0.3, 0.4) is 0 Å². The average molecular weight is 665 g/mol. The van der Waals surface area contributed by atoms with Crippen molar-refractivity contribution in [2.24, 2.45) is 0 Å². The van der Waals surface area contributed by atoms with Crippen molar-refractivity contribution in [2.75, 3.05) is 13.2 Å². The van der Waals surface area contributed by atoms with Gasteiger partial charge in [0.15, 0.2) is 0 Å². The van der Waals surface area contributed by atoms with E-state index in [2.05, 4.69) is 18.2 Å². The second-order valence-corrected chi connectivity index (χ2v) is 13.7. The second kappa shape index (κ2) is 13.0. The number of rotatable bonds is 10. The van der Waals surface area contributed by atoms with Crippen molar-refractivity contribution in [1.82, 2.24) is 4.98 Å². The fraction of sp³-hybridized carbons (Fsp3) is 0.267. The third kappa shape index (κ3) is 7.86. The van der Waals surface area contributed by atoms with Crippen LogP contribution in [-0.4, -0.2) is 53.6 Å². The molecule has 3 aromatic carbocycles. The van der Waals surface area contributed by atoms with E-state index >= 15 is 0 Å². The van der Waals surface area contributed by atoms with E-state index in [0.717, 1.165) is 39.9 Å². The predicted molar refractivity (Wildman–Crippen MR) is 148 cm³/mol. The fourth-order valence-corrected chi connectivity index (χ4v) is 9.94. The summed E-state index contributed by atoms with van der Waals surface area (Å²) in [5, 5.41) is 0. The maximum absolute atomic E-state index is 13.0. The SMILES string of the molecule is CCOC(=O)COc1ccc([Se]C(Cc2ccccc2)c2[se]c(-c3ccc(C(F)(F)F)cc3)nc2C)cc1C. The van der Waals surface area contributed by atoms with Gasteiger partial charge >= 0.3 is 239 Å². The molecule has 0 aliphatic heterocycles. The van der Waals surface area contributed by atoms with Crippen LogP contribution >= 0.6 is 0 Å². The van der Waals surface area contributed by atoms with Crippen LogP contribution in [0.25, 0.3) is 10.1 Å². The van der Waals surface area contributed by atoms with Crippen molar-refractivity contribution in [3.63, 3.8) is 0 Å². The molecule has 0 saturated heterocycles. The minimum absolute atomic E-state index is 0.0593. The van der Waals surface area contributed by atoms with E-state index in [4.69, 9.17) is 14.5 Å². The molecule has 0 spiro atoms. The van der Waals surface area contributed by atoms with E-state index in [9.17, 15) is 18.0 Å². The van der Waals surface area contributed by atoms with E-state index in [-0.39, 0.29) is 40.9 Å². The molecule has 1 atom stereocenters. The van der Waals surface area contributed by atoms with Gasteiger partial charge in [-0.2, -0.15) is 0 Å². The molecule has 1 aromatic heterocycles. The van der Waals surface area contributed by atoms with Crippen molar-refractivity contribution in [3.05, 3.63) is 99.6 Å². The summed E-state index contributed by atoms with van der Waals surface area (Å²) >= 11 is -0.0352. The van der Waals surface area contributed by atoms with Gasteiger partial charge in [0, 0.05) is 0 Å². The standard InChI is InChI=1S/C30H28F3NO3Se2/c1-4-36-27(35)18-37-25-15-14-24(16-19(25)2)38-26(17-21-8-6-5-7-9-21)28-20(3)34-29(39-28)22-10-12-23(13-11-22)30(31,32)33/h5-16,26H,4,17-18H2,1-3H3. The van der Waals surface area contributed by atoms with Gasteiger partial charge < -0.3 is 0 Å². The van der Waals surface area contributed by atoms with E-state index < -0.39 is 17.7 Å². The van der Waals surface area contributed by atoms with Crippen LogP contribution in [0.2, 0.25) is 0 Å². The Kier molecular flexibility index (Phi) is 9.73. The first-order valence-electron chi connectivity index (χ1n) is 12.4. The van der Waals surface area contributed by atoms with Crippen LogP contribution in [0.1, 0.15) is 38.6 Å². The van der Waals surface area contributed by atoms with Crippen LogP contribution < -0.4 is 9.20 Å². The van der Waals surface area contributed by atoms with Crippen LogP contribution in [0.15, 0.2) is 72.8 Å². The second-order valence-electron chi connectivity index (χ2n) is 8.86. The summed E-state index contributed by atoms with van der Waals surface area (Å²) < 4.78 is 53.1. The molecular formula is C30H28F3NO3Se2. The number of hydrogen-bond donors (Lipinski definition) is 0. The Hall–Kier alpha value is -2.83. The number of alkyl halides is 3. The van der Waals surface area contributed by atoms with E-state index in [1.807, 2.05) is 44.2 Å². The van der Waals surface area contributed by atoms with Crippen molar-refractivity contribution >= 4 is 39.9 Å². The Labute approximate surface area is 238 Å². The van der Waals surface area contributed by atoms with Crippen molar-refractivity contribution in [1.29, 1.82) is 0 Å². The number of aryl methyl sites for hydroxylation is 2. The fourth-order valence-electron chi connectivity index (χ4n) is 4.01. The number of nitrogens with zero attached hydrogens (tertiary/aromatic N) is 1. The molecule has 0 bridgehead atoms. The quantitative estimate of drug-likeness (QED) is 0.161. The molecule has 0 radical (unpaired) electrons. The van der Waals surface area contributed by atoms with Crippen LogP contribution in [0.5, 0.6) is 5.75 Å². The molecule has 0 aliphatic carbocycles. The summed E-state index contributed by atoms with van der Waals surface area (Å²) in [7, 11) is 0. The Morgan fingerprint density at radius 2 is 1.74 bits per heavy atom. The molecule has 1 heterocycles. The first-order chi connectivity index (χ1) is 18.6. The third-order valence-corrected chi connectivity index (χ3v) is 12.0. The minimum atomic E-state index is -4.36. The van der Waals surface area contributed by atoms with Crippen molar-refractivity contribution in [2.45, 2.75) is 38.2 Å². The molecule has 4 aromatic rings. The number of aromatic nitrogens is 1. The van der Waals surface area contributed by atoms with Gasteiger partial charge in [0.2, 0.25) is 0 Å². The normalized spacial score (nSPS) is 12.3. The molecular weight excluding hydrogens is 637 g/mol. The van der Waals surface area contributed by atoms with Crippen LogP contribution in [0, 0.1) is 13.8 Å². The van der Waals surface area contributed by atoms with E-state index in [1.165, 1.54) is 26.6 Å². The molecule has 0 fully saturated rings. The van der Waals surface area contributed by atoms with Crippen LogP contribution in [0.4, 0.5) is 13.2 Å². The summed E-state index contributed by atoms with van der Waals surface area (Å²) in [6.07, 6.45) is -3.51. The third-order valence-electron chi connectivity index (χ3n) is 5.92. The zero-order valence-corrected chi connectivity index (χ0v) is 25.2. The number of halogens is 3. The van der Waals surface area contributed by atoms with E-state index in [0.29, 0.717) is 12.4 Å². The predicted octanol–water partition coefficient (Wildman–Crippen LogP) is 5.70. The number of carbonyl (C=O) groups is 1. The van der Waals surface area contributed by atoms with Crippen molar-refractivity contribution < 1.29 is 27.4 Å². The molecule has 0 saturated carbocycles. The molecule has 0 N–H and O–H groups in total. The first-order valence-corrected chi connectivity index (χ1v) is 15.9. The Morgan fingerprint density at radius 1 is 1.03 bits per heavy atom. The van der Waals surface area contributed by atoms with Gasteiger partial charge in [-0.1, -0.05) is 0 Å². The first kappa shape index (κ1) is 29.2. The Balaban J connectivity index is 1.59. The molecule has 4 rings (SSSR count). The summed E-state index contributed by atoms with van der Waals surface area (Å²) in [5.41, 5.74) is 3.22. The monoisotopic (exact) mass is 667 g/mol. The zero-order chi connectivity index (χ0) is 28.0. The summed E-state index contributed by atoms with van der Waals surface area (Å²) in [5.74, 6) is 0.249. The van der Waals surface area contributed by atoms with Gasteiger partial charge in [0.25, 0.3) is 0 Å².